The first kappa shape index (κ1) is 25.7. The van der Waals surface area contributed by atoms with Crippen molar-refractivity contribution in [2.45, 2.75) is 46.1 Å². The van der Waals surface area contributed by atoms with Crippen molar-refractivity contribution in [2.24, 2.45) is 0 Å². The van der Waals surface area contributed by atoms with E-state index in [0.717, 1.165) is 33.3 Å². The number of thiazole rings is 1. The smallest absolute Gasteiger partial charge is 0.301 e. The average Bonchev–Trinajstić information content (AvgIpc) is 3.44. The molecule has 1 atom stereocenters. The molecule has 6 nitrogen and oxygen atoms in total. The van der Waals surface area contributed by atoms with Crippen LogP contribution in [0.2, 0.25) is 0 Å². The van der Waals surface area contributed by atoms with E-state index in [2.05, 4.69) is 13.8 Å². The van der Waals surface area contributed by atoms with Gasteiger partial charge in [-0.2, -0.15) is 0 Å². The van der Waals surface area contributed by atoms with Crippen molar-refractivity contribution in [1.82, 2.24) is 4.98 Å². The second kappa shape index (κ2) is 10.4. The molecule has 38 heavy (non-hydrogen) atoms. The molecule has 1 unspecified atom stereocenters. The third kappa shape index (κ3) is 4.70. The highest BCUT2D eigenvalue weighted by Gasteiger charge is 2.48. The topological polar surface area (TPSA) is 79.7 Å². The molecule has 0 bridgehead atoms. The maximum Gasteiger partial charge on any atom is 0.301 e. The molecule has 194 valence electrons. The summed E-state index contributed by atoms with van der Waals surface area (Å²) in [6, 6.07) is 19.8. The molecule has 1 N–H and O–H groups in total. The molecular formula is C31H30N2O4S. The largest absolute Gasteiger partial charge is 0.507 e. The molecule has 4 aromatic rings. The summed E-state index contributed by atoms with van der Waals surface area (Å²) in [7, 11) is 0. The minimum atomic E-state index is -0.811. The number of Topliss-reactive ketones (excluding diaryl/α,β-unsaturated/α-hetero) is 1. The number of ketones is 1. The van der Waals surface area contributed by atoms with Gasteiger partial charge in [-0.05, 0) is 72.4 Å². The maximum absolute atomic E-state index is 13.5. The van der Waals surface area contributed by atoms with Crippen molar-refractivity contribution in [3.05, 3.63) is 94.6 Å². The van der Waals surface area contributed by atoms with Crippen LogP contribution < -0.4 is 9.64 Å². The lowest BCUT2D eigenvalue weighted by molar-refractivity contribution is -0.132. The number of aliphatic hydroxyl groups excluding tert-OH is 1. The lowest BCUT2D eigenvalue weighted by Crippen LogP contribution is -2.29. The molecule has 0 radical (unpaired) electrons. The first-order valence-corrected chi connectivity index (χ1v) is 13.6. The third-order valence-electron chi connectivity index (χ3n) is 6.70. The van der Waals surface area contributed by atoms with Crippen LogP contribution in [-0.2, 0) is 9.59 Å². The zero-order valence-electron chi connectivity index (χ0n) is 21.9. The van der Waals surface area contributed by atoms with Crippen LogP contribution in [0.5, 0.6) is 5.75 Å². The van der Waals surface area contributed by atoms with Crippen molar-refractivity contribution in [1.29, 1.82) is 0 Å². The highest BCUT2D eigenvalue weighted by atomic mass is 32.1. The normalized spacial score (nSPS) is 17.1. The highest BCUT2D eigenvalue weighted by molar-refractivity contribution is 7.22. The van der Waals surface area contributed by atoms with Gasteiger partial charge in [-0.3, -0.25) is 14.5 Å². The zero-order valence-corrected chi connectivity index (χ0v) is 22.7. The van der Waals surface area contributed by atoms with Gasteiger partial charge in [-0.25, -0.2) is 4.98 Å². The SMILES string of the molecule is CCCOc1ccc(/C(O)=C2\C(=O)C(=O)N(c3nc4ccc(C)cc4s3)C2c2ccc(C(C)C)cc2)cc1. The van der Waals surface area contributed by atoms with Crippen molar-refractivity contribution in [3.8, 4) is 5.75 Å². The van der Waals surface area contributed by atoms with Crippen LogP contribution in [0.1, 0.15) is 61.4 Å². The van der Waals surface area contributed by atoms with Gasteiger partial charge >= 0.3 is 5.91 Å². The number of carbonyl (C=O) groups excluding carboxylic acids is 2. The molecule has 3 aromatic carbocycles. The van der Waals surface area contributed by atoms with E-state index in [0.29, 0.717) is 29.0 Å². The van der Waals surface area contributed by atoms with E-state index in [-0.39, 0.29) is 11.3 Å². The van der Waals surface area contributed by atoms with E-state index >= 15 is 0 Å². The molecule has 2 heterocycles. The van der Waals surface area contributed by atoms with E-state index in [4.69, 9.17) is 9.72 Å². The molecule has 1 saturated heterocycles. The van der Waals surface area contributed by atoms with E-state index in [9.17, 15) is 14.7 Å². The fourth-order valence-electron chi connectivity index (χ4n) is 4.62. The van der Waals surface area contributed by atoms with Crippen molar-refractivity contribution < 1.29 is 19.4 Å². The summed E-state index contributed by atoms with van der Waals surface area (Å²) in [4.78, 5) is 33.1. The molecule has 0 saturated carbocycles. The summed E-state index contributed by atoms with van der Waals surface area (Å²) in [5.74, 6) is -0.654. The van der Waals surface area contributed by atoms with Gasteiger partial charge in [0.15, 0.2) is 5.13 Å². The molecule has 7 heteroatoms. The standard InChI is InChI=1S/C31H30N2O4S/c1-5-16-37-23-13-11-22(12-14-23)28(34)26-27(21-9-7-20(8-10-21)18(2)3)33(30(36)29(26)35)31-32-24-15-6-19(4)17-25(24)38-31/h6-15,17-18,27,34H,5,16H2,1-4H3/b28-26+. The summed E-state index contributed by atoms with van der Waals surface area (Å²) in [6.07, 6.45) is 0.881. The quantitative estimate of drug-likeness (QED) is 0.157. The Bertz CT molecular complexity index is 1530. The first-order valence-electron chi connectivity index (χ1n) is 12.8. The van der Waals surface area contributed by atoms with Crippen LogP contribution >= 0.6 is 11.3 Å². The molecule has 1 aromatic heterocycles. The van der Waals surface area contributed by atoms with Crippen molar-refractivity contribution in [2.75, 3.05) is 11.5 Å². The van der Waals surface area contributed by atoms with Crippen LogP contribution in [0.3, 0.4) is 0 Å². The highest BCUT2D eigenvalue weighted by Crippen LogP contribution is 2.44. The summed E-state index contributed by atoms with van der Waals surface area (Å²) in [5.41, 5.74) is 4.20. The predicted octanol–water partition coefficient (Wildman–Crippen LogP) is 7.14. The van der Waals surface area contributed by atoms with Gasteiger partial charge in [0.1, 0.15) is 11.5 Å². The summed E-state index contributed by atoms with van der Waals surface area (Å²) in [6.45, 7) is 8.83. The minimum Gasteiger partial charge on any atom is -0.507 e. The second-order valence-electron chi connectivity index (χ2n) is 9.83. The predicted molar refractivity (Wildman–Crippen MR) is 152 cm³/mol. The molecule has 5 rings (SSSR count). The average molecular weight is 527 g/mol. The number of benzene rings is 3. The number of rotatable bonds is 7. The van der Waals surface area contributed by atoms with Crippen LogP contribution in [0.25, 0.3) is 16.0 Å². The Hall–Kier alpha value is -3.97. The van der Waals surface area contributed by atoms with E-state index < -0.39 is 17.7 Å². The van der Waals surface area contributed by atoms with Gasteiger partial charge in [0.05, 0.1) is 28.4 Å². The van der Waals surface area contributed by atoms with Crippen LogP contribution in [0.15, 0.2) is 72.3 Å². The summed E-state index contributed by atoms with van der Waals surface area (Å²) < 4.78 is 6.58. The molecule has 0 spiro atoms. The number of amides is 1. The fraction of sp³-hybridized carbons (Fsp3) is 0.258. The molecular weight excluding hydrogens is 496 g/mol. The number of nitrogens with zero attached hydrogens (tertiary/aromatic N) is 2. The Kier molecular flexibility index (Phi) is 7.04. The number of aryl methyl sites for hydroxylation is 1. The number of aromatic nitrogens is 1. The van der Waals surface area contributed by atoms with Gasteiger partial charge < -0.3 is 9.84 Å². The van der Waals surface area contributed by atoms with E-state index in [1.807, 2.05) is 56.3 Å². The number of ether oxygens (including phenoxy) is 1. The van der Waals surface area contributed by atoms with Gasteiger partial charge in [0.2, 0.25) is 0 Å². The molecule has 1 aliphatic heterocycles. The van der Waals surface area contributed by atoms with Gasteiger partial charge in [0, 0.05) is 5.56 Å². The first-order chi connectivity index (χ1) is 18.3. The van der Waals surface area contributed by atoms with Crippen molar-refractivity contribution >= 4 is 44.1 Å². The molecule has 0 aliphatic carbocycles. The summed E-state index contributed by atoms with van der Waals surface area (Å²) in [5, 5.41) is 11.8. The van der Waals surface area contributed by atoms with Crippen LogP contribution in [0.4, 0.5) is 5.13 Å². The fourth-order valence-corrected chi connectivity index (χ4v) is 5.71. The number of hydrogen-bond acceptors (Lipinski definition) is 6. The number of hydrogen-bond donors (Lipinski definition) is 1. The molecule has 1 aliphatic rings. The van der Waals surface area contributed by atoms with Gasteiger partial charge in [-0.1, -0.05) is 62.4 Å². The second-order valence-corrected chi connectivity index (χ2v) is 10.8. The Labute approximate surface area is 226 Å². The van der Waals surface area contributed by atoms with Crippen molar-refractivity contribution in [3.63, 3.8) is 0 Å². The Morgan fingerprint density at radius 2 is 1.76 bits per heavy atom. The van der Waals surface area contributed by atoms with Gasteiger partial charge in [-0.15, -0.1) is 0 Å². The Balaban J connectivity index is 1.65. The number of aliphatic hydroxyl groups is 1. The lowest BCUT2D eigenvalue weighted by atomic mass is 9.93. The molecule has 1 fully saturated rings. The minimum absolute atomic E-state index is 0.0463. The number of fused-ring (bicyclic) bond motifs is 1. The number of anilines is 1. The molecule has 1 amide bonds. The third-order valence-corrected chi connectivity index (χ3v) is 7.72. The van der Waals surface area contributed by atoms with Crippen LogP contribution in [0, 0.1) is 6.92 Å². The maximum atomic E-state index is 13.5. The summed E-state index contributed by atoms with van der Waals surface area (Å²) >= 11 is 1.36. The lowest BCUT2D eigenvalue weighted by Gasteiger charge is -2.23. The number of carbonyl (C=O) groups is 2. The van der Waals surface area contributed by atoms with Crippen LogP contribution in [-0.4, -0.2) is 28.4 Å². The monoisotopic (exact) mass is 526 g/mol. The van der Waals surface area contributed by atoms with E-state index in [1.54, 1.807) is 24.3 Å². The van der Waals surface area contributed by atoms with E-state index in [1.165, 1.54) is 16.2 Å². The zero-order chi connectivity index (χ0) is 27.0. The Morgan fingerprint density at radius 3 is 2.42 bits per heavy atom. The Morgan fingerprint density at radius 1 is 1.05 bits per heavy atom. The van der Waals surface area contributed by atoms with Gasteiger partial charge in [0.25, 0.3) is 5.78 Å².